The molecule has 17 heavy (non-hydrogen) atoms. The van der Waals surface area contributed by atoms with Crippen molar-refractivity contribution in [3.63, 3.8) is 0 Å². The van der Waals surface area contributed by atoms with Gasteiger partial charge in [-0.25, -0.2) is 5.43 Å². The van der Waals surface area contributed by atoms with Crippen LogP contribution in [0.3, 0.4) is 0 Å². The van der Waals surface area contributed by atoms with Crippen molar-refractivity contribution in [2.45, 2.75) is 6.92 Å². The van der Waals surface area contributed by atoms with Gasteiger partial charge in [0.1, 0.15) is 0 Å². The van der Waals surface area contributed by atoms with Gasteiger partial charge in [-0.05, 0) is 30.5 Å². The fourth-order valence-electron chi connectivity index (χ4n) is 1.29. The number of hydrazone groups is 1. The number of hydrogen-bond acceptors (Lipinski definition) is 3. The summed E-state index contributed by atoms with van der Waals surface area (Å²) in [5, 5.41) is 5.86. The Hall–Kier alpha value is -1.94. The maximum atomic E-state index is 11.7. The molecule has 0 radical (unpaired) electrons. The van der Waals surface area contributed by atoms with Gasteiger partial charge in [-0.15, -0.1) is 11.3 Å². The molecule has 1 aromatic carbocycles. The molecule has 0 spiro atoms. The zero-order valence-electron chi connectivity index (χ0n) is 9.38. The quantitative estimate of drug-likeness (QED) is 0.654. The molecule has 0 aliphatic rings. The molecule has 1 amide bonds. The van der Waals surface area contributed by atoms with Crippen molar-refractivity contribution in [1.29, 1.82) is 0 Å². The first-order valence-electron chi connectivity index (χ1n) is 5.19. The minimum absolute atomic E-state index is 0.196. The number of nitrogens with zero attached hydrogens (tertiary/aromatic N) is 1. The largest absolute Gasteiger partial charge is 0.271 e. The Morgan fingerprint density at radius 3 is 2.71 bits per heavy atom. The van der Waals surface area contributed by atoms with Gasteiger partial charge in [-0.3, -0.25) is 4.79 Å². The first-order chi connectivity index (χ1) is 8.25. The molecule has 0 aliphatic heterocycles. The van der Waals surface area contributed by atoms with Gasteiger partial charge in [0.25, 0.3) is 5.91 Å². The zero-order chi connectivity index (χ0) is 12.1. The Bertz CT molecular complexity index is 515. The molecular weight excluding hydrogens is 232 g/mol. The molecular formula is C13H12N2OS. The van der Waals surface area contributed by atoms with Gasteiger partial charge in [0.2, 0.25) is 0 Å². The second-order valence-corrected chi connectivity index (χ2v) is 4.56. The molecule has 4 heteroatoms. The summed E-state index contributed by atoms with van der Waals surface area (Å²) < 4.78 is 0. The van der Waals surface area contributed by atoms with E-state index in [0.29, 0.717) is 5.56 Å². The Morgan fingerprint density at radius 2 is 2.06 bits per heavy atom. The normalized spacial score (nSPS) is 10.6. The van der Waals surface area contributed by atoms with E-state index in [1.807, 2.05) is 36.6 Å². The van der Waals surface area contributed by atoms with Crippen LogP contribution in [0.2, 0.25) is 0 Å². The second kappa shape index (κ2) is 5.41. The third-order valence-corrected chi connectivity index (χ3v) is 3.02. The number of hydrogen-bond donors (Lipinski definition) is 1. The van der Waals surface area contributed by atoms with Gasteiger partial charge in [-0.2, -0.15) is 5.10 Å². The summed E-state index contributed by atoms with van der Waals surface area (Å²) in [6.07, 6.45) is 1.64. The van der Waals surface area contributed by atoms with Crippen LogP contribution in [-0.4, -0.2) is 12.1 Å². The molecule has 0 fully saturated rings. The highest BCUT2D eigenvalue weighted by Gasteiger charge is 2.02. The number of aryl methyl sites for hydroxylation is 1. The average molecular weight is 244 g/mol. The predicted octanol–water partition coefficient (Wildman–Crippen LogP) is 2.82. The number of nitrogens with one attached hydrogen (secondary N) is 1. The van der Waals surface area contributed by atoms with E-state index >= 15 is 0 Å². The summed E-state index contributed by atoms with van der Waals surface area (Å²) in [4.78, 5) is 12.7. The summed E-state index contributed by atoms with van der Waals surface area (Å²) in [6.45, 7) is 1.98. The number of amides is 1. The molecule has 1 heterocycles. The highest BCUT2D eigenvalue weighted by molar-refractivity contribution is 7.11. The topological polar surface area (TPSA) is 41.5 Å². The number of carbonyl (C=O) groups is 1. The van der Waals surface area contributed by atoms with Crippen molar-refractivity contribution in [2.24, 2.45) is 5.10 Å². The van der Waals surface area contributed by atoms with Crippen molar-refractivity contribution in [3.8, 4) is 0 Å². The van der Waals surface area contributed by atoms with Crippen LogP contribution in [-0.2, 0) is 0 Å². The van der Waals surface area contributed by atoms with Crippen molar-refractivity contribution < 1.29 is 4.79 Å². The minimum atomic E-state index is -0.196. The van der Waals surface area contributed by atoms with Crippen LogP contribution in [0.5, 0.6) is 0 Å². The van der Waals surface area contributed by atoms with E-state index in [-0.39, 0.29) is 5.91 Å². The maximum absolute atomic E-state index is 11.7. The van der Waals surface area contributed by atoms with Crippen molar-refractivity contribution in [1.82, 2.24) is 5.43 Å². The van der Waals surface area contributed by atoms with Gasteiger partial charge in [0, 0.05) is 10.4 Å². The fourth-order valence-corrected chi connectivity index (χ4v) is 1.87. The third-order valence-electron chi connectivity index (χ3n) is 2.21. The molecule has 0 unspecified atom stereocenters. The molecule has 0 saturated heterocycles. The summed E-state index contributed by atoms with van der Waals surface area (Å²) in [5.74, 6) is -0.196. The van der Waals surface area contributed by atoms with Crippen LogP contribution >= 0.6 is 11.3 Å². The number of rotatable bonds is 3. The molecule has 3 nitrogen and oxygen atoms in total. The lowest BCUT2D eigenvalue weighted by Crippen LogP contribution is -2.17. The van der Waals surface area contributed by atoms with E-state index < -0.39 is 0 Å². The number of thiophene rings is 1. The summed E-state index contributed by atoms with van der Waals surface area (Å²) in [5.41, 5.74) is 4.23. The van der Waals surface area contributed by atoms with Crippen molar-refractivity contribution in [2.75, 3.05) is 0 Å². The number of benzene rings is 1. The third kappa shape index (κ3) is 3.26. The summed E-state index contributed by atoms with van der Waals surface area (Å²) in [7, 11) is 0. The number of carbonyl (C=O) groups excluding carboxylic acids is 1. The molecule has 1 aromatic heterocycles. The lowest BCUT2D eigenvalue weighted by atomic mass is 10.1. The Labute approximate surface area is 104 Å². The molecule has 2 aromatic rings. The lowest BCUT2D eigenvalue weighted by molar-refractivity contribution is 0.0955. The summed E-state index contributed by atoms with van der Waals surface area (Å²) >= 11 is 1.57. The second-order valence-electron chi connectivity index (χ2n) is 3.58. The molecule has 1 N–H and O–H groups in total. The van der Waals surface area contributed by atoms with Crippen LogP contribution in [0.15, 0.2) is 46.9 Å². The molecule has 86 valence electrons. The standard InChI is InChI=1S/C13H12N2OS/c1-10-4-6-11(7-5-10)13(16)15-14-9-12-3-2-8-17-12/h2-9H,1H3,(H,15,16)/b14-9+. The minimum Gasteiger partial charge on any atom is -0.267 e. The van der Waals surface area contributed by atoms with E-state index in [9.17, 15) is 4.79 Å². The lowest BCUT2D eigenvalue weighted by Gasteiger charge is -1.99. The SMILES string of the molecule is Cc1ccc(C(=O)N/N=C/c2cccs2)cc1. The fraction of sp³-hybridized carbons (Fsp3) is 0.0769. The first-order valence-corrected chi connectivity index (χ1v) is 6.07. The van der Waals surface area contributed by atoms with Gasteiger partial charge < -0.3 is 0 Å². The zero-order valence-corrected chi connectivity index (χ0v) is 10.2. The van der Waals surface area contributed by atoms with Crippen molar-refractivity contribution in [3.05, 3.63) is 57.8 Å². The Balaban J connectivity index is 1.96. The van der Waals surface area contributed by atoms with Crippen LogP contribution in [0, 0.1) is 6.92 Å². The Kier molecular flexibility index (Phi) is 3.67. The van der Waals surface area contributed by atoms with Crippen LogP contribution < -0.4 is 5.43 Å². The smallest absolute Gasteiger partial charge is 0.267 e. The maximum Gasteiger partial charge on any atom is 0.271 e. The highest BCUT2D eigenvalue weighted by Crippen LogP contribution is 2.05. The van der Waals surface area contributed by atoms with Crippen LogP contribution in [0.1, 0.15) is 20.8 Å². The van der Waals surface area contributed by atoms with E-state index in [2.05, 4.69) is 10.5 Å². The monoisotopic (exact) mass is 244 g/mol. The summed E-state index contributed by atoms with van der Waals surface area (Å²) in [6, 6.07) is 11.2. The van der Waals surface area contributed by atoms with Gasteiger partial charge in [0.05, 0.1) is 6.21 Å². The van der Waals surface area contributed by atoms with E-state index in [4.69, 9.17) is 0 Å². The van der Waals surface area contributed by atoms with Crippen molar-refractivity contribution >= 4 is 23.5 Å². The molecule has 0 aliphatic carbocycles. The van der Waals surface area contributed by atoms with Crippen LogP contribution in [0.25, 0.3) is 0 Å². The first kappa shape index (κ1) is 11.5. The molecule has 0 saturated carbocycles. The Morgan fingerprint density at radius 1 is 1.29 bits per heavy atom. The highest BCUT2D eigenvalue weighted by atomic mass is 32.1. The van der Waals surface area contributed by atoms with E-state index in [1.165, 1.54) is 0 Å². The molecule has 0 atom stereocenters. The van der Waals surface area contributed by atoms with Gasteiger partial charge >= 0.3 is 0 Å². The molecule has 0 bridgehead atoms. The van der Waals surface area contributed by atoms with Crippen LogP contribution in [0.4, 0.5) is 0 Å². The van der Waals surface area contributed by atoms with Gasteiger partial charge in [0.15, 0.2) is 0 Å². The van der Waals surface area contributed by atoms with E-state index in [1.54, 1.807) is 29.7 Å². The molecule has 2 rings (SSSR count). The average Bonchev–Trinajstić information content (AvgIpc) is 2.83. The van der Waals surface area contributed by atoms with E-state index in [0.717, 1.165) is 10.4 Å². The van der Waals surface area contributed by atoms with Gasteiger partial charge in [-0.1, -0.05) is 23.8 Å². The predicted molar refractivity (Wildman–Crippen MR) is 70.6 cm³/mol.